The van der Waals surface area contributed by atoms with Crippen LogP contribution in [0.5, 0.6) is 5.75 Å². The molecule has 1 unspecified atom stereocenters. The normalized spacial score (nSPS) is 13.9. The van der Waals surface area contributed by atoms with Gasteiger partial charge in [0.25, 0.3) is 5.91 Å². The molecular formula is C17H28N2O2. The van der Waals surface area contributed by atoms with Crippen molar-refractivity contribution in [1.82, 2.24) is 5.32 Å². The van der Waals surface area contributed by atoms with Crippen molar-refractivity contribution in [3.05, 3.63) is 29.3 Å². The van der Waals surface area contributed by atoms with E-state index in [9.17, 15) is 4.79 Å². The Morgan fingerprint density at radius 3 is 2.48 bits per heavy atom. The van der Waals surface area contributed by atoms with Gasteiger partial charge in [-0.15, -0.1) is 0 Å². The number of ether oxygens (including phenoxy) is 1. The second kappa shape index (κ2) is 8.03. The largest absolute Gasteiger partial charge is 0.481 e. The highest BCUT2D eigenvalue weighted by Gasteiger charge is 2.15. The van der Waals surface area contributed by atoms with Crippen molar-refractivity contribution in [2.75, 3.05) is 6.54 Å². The second-order valence-corrected chi connectivity index (χ2v) is 6.05. The first-order chi connectivity index (χ1) is 9.81. The number of hydrogen-bond donors (Lipinski definition) is 2. The van der Waals surface area contributed by atoms with Crippen molar-refractivity contribution < 1.29 is 9.53 Å². The van der Waals surface area contributed by atoms with Crippen LogP contribution in [0, 0.1) is 12.8 Å². The van der Waals surface area contributed by atoms with Gasteiger partial charge in [-0.3, -0.25) is 4.79 Å². The maximum atomic E-state index is 12.0. The average molecular weight is 292 g/mol. The fourth-order valence-corrected chi connectivity index (χ4v) is 1.96. The van der Waals surface area contributed by atoms with Crippen molar-refractivity contribution in [2.24, 2.45) is 11.7 Å². The predicted octanol–water partition coefficient (Wildman–Crippen LogP) is 2.94. The molecule has 3 N–H and O–H groups in total. The number of rotatable bonds is 7. The van der Waals surface area contributed by atoms with Gasteiger partial charge in [0, 0.05) is 12.6 Å². The van der Waals surface area contributed by atoms with E-state index < -0.39 is 6.10 Å². The van der Waals surface area contributed by atoms with Crippen LogP contribution in [0.1, 0.15) is 51.3 Å². The Kier molecular flexibility index (Phi) is 6.69. The Balaban J connectivity index is 2.58. The van der Waals surface area contributed by atoms with Crippen LogP contribution in [0.2, 0.25) is 0 Å². The first-order valence-corrected chi connectivity index (χ1v) is 7.61. The summed E-state index contributed by atoms with van der Waals surface area (Å²) in [6, 6.07) is 5.82. The van der Waals surface area contributed by atoms with E-state index in [0.29, 0.717) is 12.5 Å². The minimum atomic E-state index is -0.503. The molecule has 0 saturated carbocycles. The van der Waals surface area contributed by atoms with Crippen LogP contribution >= 0.6 is 0 Å². The van der Waals surface area contributed by atoms with E-state index in [1.165, 1.54) is 0 Å². The molecule has 0 spiro atoms. The fraction of sp³-hybridized carbons (Fsp3) is 0.588. The zero-order valence-electron chi connectivity index (χ0n) is 13.8. The van der Waals surface area contributed by atoms with Crippen LogP contribution in [0.3, 0.4) is 0 Å². The number of carbonyl (C=O) groups excluding carboxylic acids is 1. The number of amides is 1. The molecule has 0 heterocycles. The van der Waals surface area contributed by atoms with Gasteiger partial charge in [-0.25, -0.2) is 0 Å². The molecule has 21 heavy (non-hydrogen) atoms. The topological polar surface area (TPSA) is 64.3 Å². The van der Waals surface area contributed by atoms with Crippen molar-refractivity contribution in [3.8, 4) is 5.75 Å². The van der Waals surface area contributed by atoms with Gasteiger partial charge >= 0.3 is 0 Å². The molecule has 0 saturated heterocycles. The maximum absolute atomic E-state index is 12.0. The van der Waals surface area contributed by atoms with Gasteiger partial charge in [-0.2, -0.15) is 0 Å². The third-order valence-electron chi connectivity index (χ3n) is 3.42. The summed E-state index contributed by atoms with van der Waals surface area (Å²) in [5, 5.41) is 2.90. The quantitative estimate of drug-likeness (QED) is 0.812. The SMILES string of the molecule is Cc1cc([C@H](C)N)ccc1OC(C)C(=O)NCCC(C)C. The van der Waals surface area contributed by atoms with Gasteiger partial charge in [0.2, 0.25) is 0 Å². The highest BCUT2D eigenvalue weighted by atomic mass is 16.5. The van der Waals surface area contributed by atoms with E-state index in [2.05, 4.69) is 19.2 Å². The summed E-state index contributed by atoms with van der Waals surface area (Å²) in [6.45, 7) is 10.6. The molecule has 0 aliphatic carbocycles. The molecule has 0 fully saturated rings. The lowest BCUT2D eigenvalue weighted by atomic mass is 10.1. The molecule has 1 aromatic rings. The molecule has 1 rings (SSSR count). The number of hydrogen-bond acceptors (Lipinski definition) is 3. The fourth-order valence-electron chi connectivity index (χ4n) is 1.96. The third-order valence-corrected chi connectivity index (χ3v) is 3.42. The zero-order chi connectivity index (χ0) is 16.0. The van der Waals surface area contributed by atoms with Gasteiger partial charge in [0.15, 0.2) is 6.10 Å². The number of carbonyl (C=O) groups is 1. The molecule has 0 radical (unpaired) electrons. The minimum Gasteiger partial charge on any atom is -0.481 e. The lowest BCUT2D eigenvalue weighted by Crippen LogP contribution is -2.37. The zero-order valence-corrected chi connectivity index (χ0v) is 13.8. The van der Waals surface area contributed by atoms with Gasteiger partial charge in [0.05, 0.1) is 0 Å². The van der Waals surface area contributed by atoms with E-state index in [1.54, 1.807) is 6.92 Å². The number of aryl methyl sites for hydroxylation is 1. The summed E-state index contributed by atoms with van der Waals surface area (Å²) in [5.41, 5.74) is 7.91. The lowest BCUT2D eigenvalue weighted by Gasteiger charge is -2.17. The van der Waals surface area contributed by atoms with Crippen LogP contribution in [0.15, 0.2) is 18.2 Å². The Bertz CT molecular complexity index is 470. The van der Waals surface area contributed by atoms with Crippen molar-refractivity contribution >= 4 is 5.91 Å². The monoisotopic (exact) mass is 292 g/mol. The number of nitrogens with two attached hydrogens (primary N) is 1. The first kappa shape index (κ1) is 17.5. The van der Waals surface area contributed by atoms with Crippen LogP contribution in [-0.2, 0) is 4.79 Å². The highest BCUT2D eigenvalue weighted by Crippen LogP contribution is 2.22. The molecule has 118 valence electrons. The molecule has 0 aromatic heterocycles. The summed E-state index contributed by atoms with van der Waals surface area (Å²) in [6.07, 6.45) is 0.470. The summed E-state index contributed by atoms with van der Waals surface area (Å²) >= 11 is 0. The Labute approximate surface area is 128 Å². The highest BCUT2D eigenvalue weighted by molar-refractivity contribution is 5.80. The average Bonchev–Trinajstić information content (AvgIpc) is 2.40. The summed E-state index contributed by atoms with van der Waals surface area (Å²) < 4.78 is 5.75. The van der Waals surface area contributed by atoms with Crippen molar-refractivity contribution in [3.63, 3.8) is 0 Å². The summed E-state index contributed by atoms with van der Waals surface area (Å²) in [4.78, 5) is 12.0. The van der Waals surface area contributed by atoms with E-state index in [4.69, 9.17) is 10.5 Å². The summed E-state index contributed by atoms with van der Waals surface area (Å²) in [7, 11) is 0. The van der Waals surface area contributed by atoms with Gasteiger partial charge < -0.3 is 15.8 Å². The minimum absolute atomic E-state index is 0.00509. The standard InChI is InChI=1S/C17H28N2O2/c1-11(2)8-9-19-17(20)14(5)21-16-7-6-15(13(4)18)10-12(16)3/h6-7,10-11,13-14H,8-9,18H2,1-5H3,(H,19,20)/t13-,14?/m0/s1. The van der Waals surface area contributed by atoms with Crippen LogP contribution in [-0.4, -0.2) is 18.6 Å². The molecule has 4 heteroatoms. The van der Waals surface area contributed by atoms with Crippen LogP contribution in [0.4, 0.5) is 0 Å². The number of nitrogens with one attached hydrogen (secondary N) is 1. The lowest BCUT2D eigenvalue weighted by molar-refractivity contribution is -0.127. The van der Waals surface area contributed by atoms with Crippen molar-refractivity contribution in [2.45, 2.75) is 53.2 Å². The Morgan fingerprint density at radius 2 is 1.95 bits per heavy atom. The maximum Gasteiger partial charge on any atom is 0.260 e. The van der Waals surface area contributed by atoms with E-state index >= 15 is 0 Å². The van der Waals surface area contributed by atoms with E-state index in [1.807, 2.05) is 32.0 Å². The van der Waals surface area contributed by atoms with Gasteiger partial charge in [-0.1, -0.05) is 26.0 Å². The molecular weight excluding hydrogens is 264 g/mol. The predicted molar refractivity (Wildman–Crippen MR) is 86.3 cm³/mol. The molecule has 2 atom stereocenters. The van der Waals surface area contributed by atoms with Gasteiger partial charge in [0.1, 0.15) is 5.75 Å². The van der Waals surface area contributed by atoms with Crippen LogP contribution in [0.25, 0.3) is 0 Å². The van der Waals surface area contributed by atoms with Gasteiger partial charge in [-0.05, 0) is 50.3 Å². The second-order valence-electron chi connectivity index (χ2n) is 6.05. The third kappa shape index (κ3) is 5.76. The van der Waals surface area contributed by atoms with Crippen LogP contribution < -0.4 is 15.8 Å². The Morgan fingerprint density at radius 1 is 1.29 bits per heavy atom. The Hall–Kier alpha value is -1.55. The molecule has 0 bridgehead atoms. The smallest absolute Gasteiger partial charge is 0.260 e. The summed E-state index contributed by atoms with van der Waals surface area (Å²) in [5.74, 6) is 1.23. The van der Waals surface area contributed by atoms with E-state index in [-0.39, 0.29) is 11.9 Å². The molecule has 1 amide bonds. The molecule has 0 aliphatic rings. The molecule has 1 aromatic carbocycles. The van der Waals surface area contributed by atoms with E-state index in [0.717, 1.165) is 23.3 Å². The van der Waals surface area contributed by atoms with Crippen molar-refractivity contribution in [1.29, 1.82) is 0 Å². The number of benzene rings is 1. The first-order valence-electron chi connectivity index (χ1n) is 7.61. The molecule has 4 nitrogen and oxygen atoms in total. The molecule has 0 aliphatic heterocycles.